The molecule has 5 heteroatoms. The van der Waals surface area contributed by atoms with Crippen molar-refractivity contribution in [3.05, 3.63) is 22.8 Å². The van der Waals surface area contributed by atoms with Gasteiger partial charge in [0.2, 0.25) is 5.88 Å². The van der Waals surface area contributed by atoms with Gasteiger partial charge in [0.05, 0.1) is 15.8 Å². The largest absolute Gasteiger partial charge is 0.478 e. The first kappa shape index (κ1) is 4.98. The van der Waals surface area contributed by atoms with Crippen molar-refractivity contribution in [3.8, 4) is 5.88 Å². The minimum Gasteiger partial charge on any atom is -0.478 e. The first-order chi connectivity index (χ1) is 9.11. The number of rotatable bonds is 3. The highest BCUT2D eigenvalue weighted by atomic mass is 35.5. The Bertz CT molecular complexity index is 539. The Kier molecular flexibility index (Phi) is 1.52. The zero-order valence-corrected chi connectivity index (χ0v) is 7.88. The van der Waals surface area contributed by atoms with Gasteiger partial charge in [-0.3, -0.25) is 0 Å². The third-order valence-electron chi connectivity index (χ3n) is 1.15. The van der Waals surface area contributed by atoms with Gasteiger partial charge in [0, 0.05) is 8.91 Å². The van der Waals surface area contributed by atoms with Gasteiger partial charge in [-0.15, -0.1) is 0 Å². The van der Waals surface area contributed by atoms with Crippen molar-refractivity contribution in [2.75, 3.05) is 0 Å². The quantitative estimate of drug-likeness (QED) is 0.850. The molecule has 0 aliphatic rings. The van der Waals surface area contributed by atoms with E-state index in [0.717, 1.165) is 6.92 Å². The van der Waals surface area contributed by atoms with Crippen molar-refractivity contribution in [1.82, 2.24) is 4.98 Å². The number of aromatic carboxylic acids is 1. The Morgan fingerprint density at radius 2 is 2.86 bits per heavy atom. The van der Waals surface area contributed by atoms with E-state index >= 15 is 0 Å². The summed E-state index contributed by atoms with van der Waals surface area (Å²) in [7, 11) is 0. The smallest absolute Gasteiger partial charge is 0.337 e. The number of ether oxygens (including phenoxy) is 1. The molecule has 0 amide bonds. The lowest BCUT2D eigenvalue weighted by molar-refractivity contribution is 0.0696. The lowest BCUT2D eigenvalue weighted by atomic mass is 10.3. The van der Waals surface area contributed by atoms with Crippen molar-refractivity contribution in [3.63, 3.8) is 0 Å². The molecule has 4 nitrogen and oxygen atoms in total. The minimum absolute atomic E-state index is 0.472. The van der Waals surface area contributed by atoms with Gasteiger partial charge in [-0.1, -0.05) is 11.6 Å². The molecule has 1 unspecified atom stereocenters. The number of hydrogen-bond acceptors (Lipinski definition) is 4. The standard InChI is InChI=1S/C9H10ClNO3/c1-5(2)14-8-7(10)3-6(4-11-8)9(12)13/h3-5H,1-2H3,(H,12,13)/i1D2,3D,4D,5D/hD. The predicted molar refractivity (Wildman–Crippen MR) is 52.0 cm³/mol. The number of carboxylic acid groups (broad SMARTS) is 1. The van der Waals surface area contributed by atoms with E-state index in [2.05, 4.69) is 10.1 Å². The zero-order valence-electron chi connectivity index (χ0n) is 13.1. The molecule has 76 valence electrons. The van der Waals surface area contributed by atoms with E-state index in [1.807, 2.05) is 0 Å². The molecule has 0 aliphatic carbocycles. The van der Waals surface area contributed by atoms with Gasteiger partial charge >= 0.3 is 5.97 Å². The van der Waals surface area contributed by atoms with Crippen LogP contribution in [0.2, 0.25) is 5.02 Å². The zero-order chi connectivity index (χ0) is 15.7. The Morgan fingerprint density at radius 1 is 2.07 bits per heavy atom. The van der Waals surface area contributed by atoms with Crippen molar-refractivity contribution in [2.24, 2.45) is 0 Å². The molecule has 1 N–H and O–H groups in total. The average Bonchev–Trinajstić information content (AvgIpc) is 2.34. The van der Waals surface area contributed by atoms with E-state index in [1.54, 1.807) is 0 Å². The molecule has 1 rings (SSSR count). The van der Waals surface area contributed by atoms with Crippen molar-refractivity contribution in [2.45, 2.75) is 19.9 Å². The van der Waals surface area contributed by atoms with Crippen LogP contribution in [0.3, 0.4) is 0 Å². The van der Waals surface area contributed by atoms with Crippen LogP contribution in [0.4, 0.5) is 0 Å². The van der Waals surface area contributed by atoms with E-state index in [-0.39, 0.29) is 0 Å². The summed E-state index contributed by atoms with van der Waals surface area (Å²) in [5, 5.41) is 3.19. The van der Waals surface area contributed by atoms with Crippen LogP contribution in [0.15, 0.2) is 12.2 Å². The summed E-state index contributed by atoms with van der Waals surface area (Å²) in [5.41, 5.74) is -0.614. The van der Waals surface area contributed by atoms with Crippen LogP contribution in [0.25, 0.3) is 1.43 Å². The maximum Gasteiger partial charge on any atom is 0.337 e. The fourth-order valence-corrected chi connectivity index (χ4v) is 0.839. The molecule has 0 bridgehead atoms. The van der Waals surface area contributed by atoms with Gasteiger partial charge in [-0.05, 0) is 19.8 Å². The first-order valence-electron chi connectivity index (χ1n) is 6.55. The van der Waals surface area contributed by atoms with Crippen LogP contribution in [0, 0.1) is 0 Å². The minimum atomic E-state index is -2.02. The van der Waals surface area contributed by atoms with Crippen LogP contribution in [-0.2, 0) is 0 Å². The predicted octanol–water partition coefficient (Wildman–Crippen LogP) is 2.22. The number of carboxylic acids is 1. The van der Waals surface area contributed by atoms with Crippen molar-refractivity contribution in [1.29, 1.82) is 1.43 Å². The maximum absolute atomic E-state index is 11.2. The molecule has 1 atom stereocenters. The van der Waals surface area contributed by atoms with E-state index in [0.29, 0.717) is 0 Å². The summed E-state index contributed by atoms with van der Waals surface area (Å²) in [6.45, 7) is -0.573. The summed E-state index contributed by atoms with van der Waals surface area (Å²) < 4.78 is 48.4. The van der Waals surface area contributed by atoms with Crippen LogP contribution in [0.5, 0.6) is 5.88 Å². The third kappa shape index (κ3) is 2.60. The molecule has 0 radical (unpaired) electrons. The second-order valence-electron chi connectivity index (χ2n) is 2.34. The molecule has 1 aromatic rings. The van der Waals surface area contributed by atoms with Crippen LogP contribution >= 0.6 is 11.6 Å². The topological polar surface area (TPSA) is 59.4 Å². The van der Waals surface area contributed by atoms with E-state index < -0.39 is 47.6 Å². The Balaban J connectivity index is 3.30. The summed E-state index contributed by atoms with van der Waals surface area (Å²) in [4.78, 5) is 14.7. The normalized spacial score (nSPS) is 20.5. The fourth-order valence-electron chi connectivity index (χ4n) is 0.664. The summed E-state index contributed by atoms with van der Waals surface area (Å²) in [5.74, 6) is -1.78. The molecule has 0 aliphatic heterocycles. The first-order valence-corrected chi connectivity index (χ1v) is 3.87. The second-order valence-corrected chi connectivity index (χ2v) is 2.72. The highest BCUT2D eigenvalue weighted by molar-refractivity contribution is 6.32. The van der Waals surface area contributed by atoms with Crippen LogP contribution in [-0.4, -0.2) is 22.1 Å². The van der Waals surface area contributed by atoms with Crippen LogP contribution in [0.1, 0.15) is 31.0 Å². The number of aromatic nitrogens is 1. The number of pyridine rings is 1. The SMILES string of the molecule is [2H]OC(=O)c1c([2H])nc(OC([2H])(C)C([2H])[2H])c(Cl)c1[2H]. The molecular formula is C9H10ClNO3. The molecule has 0 fully saturated rings. The molecule has 0 saturated heterocycles. The fraction of sp³-hybridized carbons (Fsp3) is 0.333. The summed E-state index contributed by atoms with van der Waals surface area (Å²) in [6, 6.07) is -0.638. The average molecular weight is 222 g/mol. The molecule has 14 heavy (non-hydrogen) atoms. The summed E-state index contributed by atoms with van der Waals surface area (Å²) in [6.07, 6.45) is -2.73. The van der Waals surface area contributed by atoms with Gasteiger partial charge in [-0.2, -0.15) is 0 Å². The molecule has 0 aromatic carbocycles. The molecule has 0 spiro atoms. The van der Waals surface area contributed by atoms with Gasteiger partial charge in [-0.25, -0.2) is 9.78 Å². The van der Waals surface area contributed by atoms with Crippen LogP contribution < -0.4 is 4.74 Å². The van der Waals surface area contributed by atoms with E-state index in [1.165, 1.54) is 0 Å². The van der Waals surface area contributed by atoms with Gasteiger partial charge in [0.25, 0.3) is 1.43 Å². The van der Waals surface area contributed by atoms with E-state index in [4.69, 9.17) is 24.6 Å². The lowest BCUT2D eigenvalue weighted by Crippen LogP contribution is -2.08. The molecule has 1 heterocycles. The summed E-state index contributed by atoms with van der Waals surface area (Å²) >= 11 is 5.75. The highest BCUT2D eigenvalue weighted by Gasteiger charge is 2.10. The number of nitrogens with zero attached hydrogens (tertiary/aromatic N) is 1. The number of hydrogen-bond donors (Lipinski definition) is 1. The molecular weight excluding hydrogens is 206 g/mol. The Labute approximate surface area is 95.0 Å². The Hall–Kier alpha value is -1.29. The Morgan fingerprint density at radius 3 is 3.50 bits per heavy atom. The van der Waals surface area contributed by atoms with Crippen molar-refractivity contribution < 1.29 is 21.5 Å². The third-order valence-corrected chi connectivity index (χ3v) is 1.41. The highest BCUT2D eigenvalue weighted by Crippen LogP contribution is 2.23. The van der Waals surface area contributed by atoms with Gasteiger partial charge in [0.15, 0.2) is 0 Å². The molecule has 1 aromatic heterocycles. The van der Waals surface area contributed by atoms with E-state index in [9.17, 15) is 4.79 Å². The second kappa shape index (κ2) is 4.28. The van der Waals surface area contributed by atoms with Crippen molar-refractivity contribution >= 4 is 17.6 Å². The molecule has 0 saturated carbocycles. The van der Waals surface area contributed by atoms with Gasteiger partial charge < -0.3 is 9.85 Å². The van der Waals surface area contributed by atoms with Gasteiger partial charge in [0.1, 0.15) is 5.02 Å². The number of carbonyl (C=O) groups is 1. The number of halogens is 1. The maximum atomic E-state index is 11.2. The monoisotopic (exact) mass is 221 g/mol. The lowest BCUT2D eigenvalue weighted by Gasteiger charge is -2.09.